The number of fused-ring (bicyclic) bond motifs is 1. The molecule has 0 bridgehead atoms. The van der Waals surface area contributed by atoms with Crippen molar-refractivity contribution < 1.29 is 18.7 Å². The fourth-order valence-corrected chi connectivity index (χ4v) is 3.35. The van der Waals surface area contributed by atoms with E-state index in [0.717, 1.165) is 5.39 Å². The largest absolute Gasteiger partial charge is 0.494 e. The minimum absolute atomic E-state index is 0.0941. The van der Waals surface area contributed by atoms with Crippen LogP contribution in [-0.4, -0.2) is 34.9 Å². The number of methoxy groups -OCH3 is 1. The minimum atomic E-state index is -0.456. The predicted molar refractivity (Wildman–Crippen MR) is 114 cm³/mol. The lowest BCUT2D eigenvalue weighted by molar-refractivity contribution is -0.115. The van der Waals surface area contributed by atoms with Gasteiger partial charge in [-0.1, -0.05) is 0 Å². The fourth-order valence-electron chi connectivity index (χ4n) is 2.66. The number of benzene rings is 2. The molecule has 1 aromatic heterocycles. The summed E-state index contributed by atoms with van der Waals surface area (Å²) >= 11 is 1.21. The molecular weight excluding hydrogens is 393 g/mol. The molecule has 0 radical (unpaired) electrons. The Morgan fingerprint density at radius 3 is 2.62 bits per heavy atom. The Hall–Kier alpha value is -3.13. The van der Waals surface area contributed by atoms with E-state index in [0.29, 0.717) is 22.6 Å². The maximum absolute atomic E-state index is 12.9. The van der Waals surface area contributed by atoms with Gasteiger partial charge in [0.15, 0.2) is 0 Å². The van der Waals surface area contributed by atoms with E-state index in [1.54, 1.807) is 38.4 Å². The Bertz CT molecular complexity index is 1030. The first-order valence-electron chi connectivity index (χ1n) is 8.87. The van der Waals surface area contributed by atoms with Gasteiger partial charge in [0, 0.05) is 17.3 Å². The molecule has 0 saturated carbocycles. The summed E-state index contributed by atoms with van der Waals surface area (Å²) in [6, 6.07) is 12.7. The number of anilines is 2. The number of amides is 2. The number of thioether (sulfide) groups is 1. The summed E-state index contributed by atoms with van der Waals surface area (Å²) in [5.74, 6) is -0.140. The molecular formula is C21H20FN3O3S. The third kappa shape index (κ3) is 5.23. The third-order valence-electron chi connectivity index (χ3n) is 4.17. The summed E-state index contributed by atoms with van der Waals surface area (Å²) in [5.41, 5.74) is 1.79. The zero-order chi connectivity index (χ0) is 20.8. The lowest BCUT2D eigenvalue weighted by atomic mass is 10.1. The summed E-state index contributed by atoms with van der Waals surface area (Å²) in [7, 11) is 1.57. The SMILES string of the molecule is COc1ccc(NC(=O)C(C)SCC(=O)Nc2ccc(F)cc2)c2cccnc12. The molecule has 1 heterocycles. The second-order valence-electron chi connectivity index (χ2n) is 6.21. The quantitative estimate of drug-likeness (QED) is 0.610. The molecule has 0 aliphatic rings. The first-order chi connectivity index (χ1) is 14.0. The van der Waals surface area contributed by atoms with Crippen LogP contribution in [0.1, 0.15) is 6.92 Å². The van der Waals surface area contributed by atoms with Crippen molar-refractivity contribution in [2.24, 2.45) is 0 Å². The number of carbonyl (C=O) groups is 2. The number of hydrogen-bond donors (Lipinski definition) is 2. The van der Waals surface area contributed by atoms with Gasteiger partial charge in [-0.25, -0.2) is 4.39 Å². The lowest BCUT2D eigenvalue weighted by Gasteiger charge is -2.14. The molecule has 3 rings (SSSR count). The minimum Gasteiger partial charge on any atom is -0.494 e. The van der Waals surface area contributed by atoms with Crippen molar-refractivity contribution in [1.29, 1.82) is 0 Å². The number of nitrogens with zero attached hydrogens (tertiary/aromatic N) is 1. The Morgan fingerprint density at radius 1 is 1.14 bits per heavy atom. The Morgan fingerprint density at radius 2 is 1.90 bits per heavy atom. The summed E-state index contributed by atoms with van der Waals surface area (Å²) in [6.45, 7) is 1.73. The van der Waals surface area contributed by atoms with Crippen LogP contribution in [-0.2, 0) is 9.59 Å². The number of carbonyl (C=O) groups excluding carboxylic acids is 2. The van der Waals surface area contributed by atoms with Crippen molar-refractivity contribution in [3.05, 3.63) is 60.5 Å². The average molecular weight is 413 g/mol. The van der Waals surface area contributed by atoms with E-state index in [-0.39, 0.29) is 23.4 Å². The topological polar surface area (TPSA) is 80.3 Å². The average Bonchev–Trinajstić information content (AvgIpc) is 2.74. The third-order valence-corrected chi connectivity index (χ3v) is 5.31. The van der Waals surface area contributed by atoms with Crippen molar-refractivity contribution in [1.82, 2.24) is 4.98 Å². The molecule has 150 valence electrons. The van der Waals surface area contributed by atoms with Gasteiger partial charge < -0.3 is 15.4 Å². The molecule has 1 atom stereocenters. The van der Waals surface area contributed by atoms with Crippen LogP contribution in [0, 0.1) is 5.82 Å². The van der Waals surface area contributed by atoms with E-state index in [9.17, 15) is 14.0 Å². The van der Waals surface area contributed by atoms with Gasteiger partial charge in [-0.2, -0.15) is 0 Å². The molecule has 0 aliphatic heterocycles. The normalized spacial score (nSPS) is 11.7. The Labute approximate surface area is 171 Å². The number of nitrogens with one attached hydrogen (secondary N) is 2. The van der Waals surface area contributed by atoms with Crippen molar-refractivity contribution in [3.63, 3.8) is 0 Å². The smallest absolute Gasteiger partial charge is 0.237 e. The maximum Gasteiger partial charge on any atom is 0.237 e. The predicted octanol–water partition coefficient (Wildman–Crippen LogP) is 4.08. The van der Waals surface area contributed by atoms with Crippen molar-refractivity contribution in [2.75, 3.05) is 23.5 Å². The molecule has 2 aromatic carbocycles. The van der Waals surface area contributed by atoms with Gasteiger partial charge in [0.25, 0.3) is 0 Å². The van der Waals surface area contributed by atoms with Crippen LogP contribution in [0.3, 0.4) is 0 Å². The molecule has 0 spiro atoms. The van der Waals surface area contributed by atoms with Crippen molar-refractivity contribution in [2.45, 2.75) is 12.2 Å². The monoisotopic (exact) mass is 413 g/mol. The number of pyridine rings is 1. The number of halogens is 1. The Balaban J connectivity index is 1.59. The summed E-state index contributed by atoms with van der Waals surface area (Å²) in [4.78, 5) is 28.9. The number of ether oxygens (including phenoxy) is 1. The van der Waals surface area contributed by atoms with E-state index in [4.69, 9.17) is 4.74 Å². The highest BCUT2D eigenvalue weighted by Gasteiger charge is 2.17. The Kier molecular flexibility index (Phi) is 6.66. The van der Waals surface area contributed by atoms with Gasteiger partial charge in [-0.15, -0.1) is 11.8 Å². The van der Waals surface area contributed by atoms with Gasteiger partial charge in [-0.05, 0) is 55.5 Å². The van der Waals surface area contributed by atoms with E-state index in [1.165, 1.54) is 36.0 Å². The van der Waals surface area contributed by atoms with Crippen LogP contribution in [0.15, 0.2) is 54.7 Å². The van der Waals surface area contributed by atoms with E-state index in [1.807, 2.05) is 6.07 Å². The van der Waals surface area contributed by atoms with E-state index < -0.39 is 5.25 Å². The zero-order valence-corrected chi connectivity index (χ0v) is 16.8. The van der Waals surface area contributed by atoms with E-state index >= 15 is 0 Å². The van der Waals surface area contributed by atoms with Gasteiger partial charge in [-0.3, -0.25) is 14.6 Å². The molecule has 2 amide bonds. The number of aromatic nitrogens is 1. The molecule has 0 saturated heterocycles. The lowest BCUT2D eigenvalue weighted by Crippen LogP contribution is -2.25. The fraction of sp³-hybridized carbons (Fsp3) is 0.190. The number of hydrogen-bond acceptors (Lipinski definition) is 5. The van der Waals surface area contributed by atoms with Crippen LogP contribution in [0.25, 0.3) is 10.9 Å². The van der Waals surface area contributed by atoms with Gasteiger partial charge in [0.1, 0.15) is 17.1 Å². The summed E-state index contributed by atoms with van der Waals surface area (Å²) in [5, 5.41) is 5.87. The van der Waals surface area contributed by atoms with Gasteiger partial charge >= 0.3 is 0 Å². The van der Waals surface area contributed by atoms with Crippen LogP contribution < -0.4 is 15.4 Å². The first kappa shape index (κ1) is 20.6. The summed E-state index contributed by atoms with van der Waals surface area (Å²) < 4.78 is 18.2. The second-order valence-corrected chi connectivity index (χ2v) is 7.54. The zero-order valence-electron chi connectivity index (χ0n) is 15.9. The molecule has 3 aromatic rings. The highest BCUT2D eigenvalue weighted by Crippen LogP contribution is 2.30. The molecule has 6 nitrogen and oxygen atoms in total. The van der Waals surface area contributed by atoms with E-state index in [2.05, 4.69) is 15.6 Å². The van der Waals surface area contributed by atoms with Crippen LogP contribution in [0.4, 0.5) is 15.8 Å². The maximum atomic E-state index is 12.9. The number of rotatable bonds is 7. The molecule has 8 heteroatoms. The van der Waals surface area contributed by atoms with Gasteiger partial charge in [0.05, 0.1) is 23.8 Å². The highest BCUT2D eigenvalue weighted by atomic mass is 32.2. The standard InChI is InChI=1S/C21H20FN3O3S/c1-13(29-12-19(26)24-15-7-5-14(22)6-8-15)21(27)25-17-9-10-18(28-2)20-16(17)4-3-11-23-20/h3-11,13H,12H2,1-2H3,(H,24,26)(H,25,27). The van der Waals surface area contributed by atoms with Crippen molar-refractivity contribution >= 4 is 45.9 Å². The summed E-state index contributed by atoms with van der Waals surface area (Å²) in [6.07, 6.45) is 1.66. The van der Waals surface area contributed by atoms with Gasteiger partial charge in [0.2, 0.25) is 11.8 Å². The molecule has 2 N–H and O–H groups in total. The van der Waals surface area contributed by atoms with Crippen LogP contribution >= 0.6 is 11.8 Å². The molecule has 0 aliphatic carbocycles. The van der Waals surface area contributed by atoms with Crippen LogP contribution in [0.5, 0.6) is 5.75 Å². The highest BCUT2D eigenvalue weighted by molar-refractivity contribution is 8.01. The molecule has 1 unspecified atom stereocenters. The molecule has 0 fully saturated rings. The molecule has 29 heavy (non-hydrogen) atoms. The van der Waals surface area contributed by atoms with Crippen molar-refractivity contribution in [3.8, 4) is 5.75 Å². The first-order valence-corrected chi connectivity index (χ1v) is 9.92. The second kappa shape index (κ2) is 9.38. The van der Waals surface area contributed by atoms with Crippen LogP contribution in [0.2, 0.25) is 0 Å².